The quantitative estimate of drug-likeness (QED) is 0.697. The van der Waals surface area contributed by atoms with Crippen molar-refractivity contribution in [2.75, 3.05) is 19.3 Å². The molecule has 7 heteroatoms. The second-order valence-electron chi connectivity index (χ2n) is 5.19. The number of aliphatic carboxylic acids is 1. The van der Waals surface area contributed by atoms with Crippen molar-refractivity contribution < 1.29 is 9.90 Å². The zero-order valence-corrected chi connectivity index (χ0v) is 12.9. The van der Waals surface area contributed by atoms with Crippen LogP contribution in [0.5, 0.6) is 0 Å². The molecule has 0 aliphatic heterocycles. The Kier molecular flexibility index (Phi) is 5.42. The summed E-state index contributed by atoms with van der Waals surface area (Å²) in [5.74, 6) is 0.171. The van der Waals surface area contributed by atoms with E-state index in [1.165, 1.54) is 24.6 Å². The van der Waals surface area contributed by atoms with Gasteiger partial charge in [0.25, 0.3) is 0 Å². The first-order valence-electron chi connectivity index (χ1n) is 7.08. The Hall–Kier alpha value is -1.08. The lowest BCUT2D eigenvalue weighted by Crippen LogP contribution is -2.26. The molecule has 0 atom stereocenters. The maximum atomic E-state index is 10.7. The van der Waals surface area contributed by atoms with E-state index in [-0.39, 0.29) is 5.75 Å². The van der Waals surface area contributed by atoms with Crippen molar-refractivity contribution >= 4 is 17.7 Å². The number of hydrogen-bond donors (Lipinski definition) is 1. The minimum atomic E-state index is -0.823. The first-order valence-corrected chi connectivity index (χ1v) is 8.07. The van der Waals surface area contributed by atoms with Gasteiger partial charge in [-0.05, 0) is 26.3 Å². The summed E-state index contributed by atoms with van der Waals surface area (Å²) in [7, 11) is 2.14. The number of carbonyl (C=O) groups is 1. The van der Waals surface area contributed by atoms with Crippen LogP contribution in [0, 0.1) is 0 Å². The lowest BCUT2D eigenvalue weighted by atomic mass is 10.3. The molecule has 1 N–H and O–H groups in total. The van der Waals surface area contributed by atoms with Gasteiger partial charge in [-0.3, -0.25) is 4.79 Å². The van der Waals surface area contributed by atoms with Crippen LogP contribution >= 0.6 is 11.8 Å². The Balaban J connectivity index is 2.00. The zero-order valence-electron chi connectivity index (χ0n) is 12.1. The number of thioether (sulfide) groups is 1. The largest absolute Gasteiger partial charge is 0.481 e. The molecule has 0 spiro atoms. The van der Waals surface area contributed by atoms with Gasteiger partial charge in [-0.1, -0.05) is 18.7 Å². The van der Waals surface area contributed by atoms with Gasteiger partial charge >= 0.3 is 5.97 Å². The predicted molar refractivity (Wildman–Crippen MR) is 78.0 cm³/mol. The third-order valence-electron chi connectivity index (χ3n) is 3.44. The Morgan fingerprint density at radius 2 is 2.25 bits per heavy atom. The summed E-state index contributed by atoms with van der Waals surface area (Å²) in [6, 6.07) is 0.733. The molecule has 1 fully saturated rings. The number of aryl methyl sites for hydroxylation is 1. The molecule has 0 amide bonds. The maximum absolute atomic E-state index is 10.7. The van der Waals surface area contributed by atoms with Crippen LogP contribution in [0.3, 0.4) is 0 Å². The molecular formula is C13H22N4O2S. The highest BCUT2D eigenvalue weighted by Gasteiger charge is 2.26. The van der Waals surface area contributed by atoms with Gasteiger partial charge < -0.3 is 14.6 Å². The number of carboxylic acids is 1. The van der Waals surface area contributed by atoms with Crippen LogP contribution in [0.15, 0.2) is 5.16 Å². The molecule has 1 aromatic heterocycles. The lowest BCUT2D eigenvalue weighted by Gasteiger charge is -2.17. The van der Waals surface area contributed by atoms with Crippen LogP contribution in [0.1, 0.15) is 32.0 Å². The number of likely N-dealkylation sites (N-methyl/N-ethyl adjacent to an activating group) is 1. The second kappa shape index (κ2) is 7.08. The summed E-state index contributed by atoms with van der Waals surface area (Å²) < 4.78 is 2.08. The van der Waals surface area contributed by atoms with E-state index < -0.39 is 5.97 Å². The Morgan fingerprint density at radius 1 is 1.50 bits per heavy atom. The average molecular weight is 298 g/mol. The molecule has 20 heavy (non-hydrogen) atoms. The molecule has 6 nitrogen and oxygen atoms in total. The number of hydrogen-bond acceptors (Lipinski definition) is 5. The molecule has 0 bridgehead atoms. The van der Waals surface area contributed by atoms with Crippen LogP contribution in [-0.2, 0) is 17.8 Å². The van der Waals surface area contributed by atoms with E-state index in [1.807, 2.05) is 0 Å². The van der Waals surface area contributed by atoms with Crippen molar-refractivity contribution in [3.05, 3.63) is 5.82 Å². The molecule has 0 aromatic carbocycles. The monoisotopic (exact) mass is 298 g/mol. The predicted octanol–water partition coefficient (Wildman–Crippen LogP) is 1.50. The number of rotatable bonds is 9. The molecule has 0 radical (unpaired) electrons. The van der Waals surface area contributed by atoms with Crippen molar-refractivity contribution in [2.45, 2.75) is 50.4 Å². The van der Waals surface area contributed by atoms with Crippen molar-refractivity contribution in [1.82, 2.24) is 19.7 Å². The van der Waals surface area contributed by atoms with Crippen molar-refractivity contribution in [1.29, 1.82) is 0 Å². The molecule has 1 heterocycles. The molecule has 2 rings (SSSR count). The molecule has 1 saturated carbocycles. The Bertz CT molecular complexity index is 459. The normalized spacial score (nSPS) is 14.9. The Morgan fingerprint density at radius 3 is 2.85 bits per heavy atom. The number of carboxylic acid groups (broad SMARTS) is 1. The van der Waals surface area contributed by atoms with Gasteiger partial charge in [0, 0.05) is 25.6 Å². The first-order chi connectivity index (χ1) is 9.61. The molecule has 0 unspecified atom stereocenters. The van der Waals surface area contributed by atoms with Gasteiger partial charge in [-0.15, -0.1) is 10.2 Å². The van der Waals surface area contributed by atoms with Crippen molar-refractivity contribution in [3.8, 4) is 0 Å². The summed E-state index contributed by atoms with van der Waals surface area (Å²) in [5, 5.41) is 17.9. The fourth-order valence-corrected chi connectivity index (χ4v) is 2.84. The fraction of sp³-hybridized carbons (Fsp3) is 0.769. The fourth-order valence-electron chi connectivity index (χ4n) is 2.14. The van der Waals surface area contributed by atoms with Crippen LogP contribution in [-0.4, -0.2) is 56.1 Å². The van der Waals surface area contributed by atoms with Gasteiger partial charge in [0.1, 0.15) is 5.82 Å². The first kappa shape index (κ1) is 15.3. The van der Waals surface area contributed by atoms with E-state index in [0.29, 0.717) is 0 Å². The van der Waals surface area contributed by atoms with E-state index >= 15 is 0 Å². The molecule has 1 aromatic rings. The van der Waals surface area contributed by atoms with E-state index in [4.69, 9.17) is 5.11 Å². The minimum absolute atomic E-state index is 0.0305. The van der Waals surface area contributed by atoms with Crippen LogP contribution < -0.4 is 0 Å². The van der Waals surface area contributed by atoms with Crippen molar-refractivity contribution in [3.63, 3.8) is 0 Å². The standard InChI is InChI=1S/C13H22N4O2S/c1-3-4-11-14-15-13(20-9-12(18)19)17(11)8-7-16(2)10-5-6-10/h10H,3-9H2,1-2H3,(H,18,19). The van der Waals surface area contributed by atoms with Crippen LogP contribution in [0.4, 0.5) is 0 Å². The van der Waals surface area contributed by atoms with E-state index in [2.05, 4.69) is 33.6 Å². The lowest BCUT2D eigenvalue weighted by molar-refractivity contribution is -0.133. The van der Waals surface area contributed by atoms with Crippen LogP contribution in [0.25, 0.3) is 0 Å². The summed E-state index contributed by atoms with van der Waals surface area (Å²) in [5.41, 5.74) is 0. The maximum Gasteiger partial charge on any atom is 0.313 e. The van der Waals surface area contributed by atoms with E-state index in [0.717, 1.165) is 43.0 Å². The topological polar surface area (TPSA) is 71.2 Å². The van der Waals surface area contributed by atoms with Crippen LogP contribution in [0.2, 0.25) is 0 Å². The summed E-state index contributed by atoms with van der Waals surface area (Å²) >= 11 is 1.25. The third-order valence-corrected chi connectivity index (χ3v) is 4.39. The highest BCUT2D eigenvalue weighted by atomic mass is 32.2. The molecule has 112 valence electrons. The van der Waals surface area contributed by atoms with E-state index in [9.17, 15) is 4.79 Å². The van der Waals surface area contributed by atoms with Gasteiger partial charge in [-0.2, -0.15) is 0 Å². The molecule has 1 aliphatic rings. The SMILES string of the molecule is CCCc1nnc(SCC(=O)O)n1CCN(C)C1CC1. The highest BCUT2D eigenvalue weighted by molar-refractivity contribution is 7.99. The van der Waals surface area contributed by atoms with Gasteiger partial charge in [0.15, 0.2) is 5.16 Å². The molecule has 0 saturated heterocycles. The zero-order chi connectivity index (χ0) is 14.5. The smallest absolute Gasteiger partial charge is 0.313 e. The minimum Gasteiger partial charge on any atom is -0.481 e. The van der Waals surface area contributed by atoms with Gasteiger partial charge in [0.2, 0.25) is 0 Å². The molecule has 1 aliphatic carbocycles. The summed E-state index contributed by atoms with van der Waals surface area (Å²) in [6.07, 6.45) is 4.48. The Labute approximate surface area is 123 Å². The van der Waals surface area contributed by atoms with E-state index in [1.54, 1.807) is 0 Å². The third kappa shape index (κ3) is 4.21. The van der Waals surface area contributed by atoms with Gasteiger partial charge in [-0.25, -0.2) is 0 Å². The average Bonchev–Trinajstić information content (AvgIpc) is 3.18. The number of nitrogens with zero attached hydrogens (tertiary/aromatic N) is 4. The number of aromatic nitrogens is 3. The van der Waals surface area contributed by atoms with Gasteiger partial charge in [0.05, 0.1) is 5.75 Å². The summed E-state index contributed by atoms with van der Waals surface area (Å²) in [4.78, 5) is 13.1. The highest BCUT2D eigenvalue weighted by Crippen LogP contribution is 2.25. The van der Waals surface area contributed by atoms with Crippen molar-refractivity contribution in [2.24, 2.45) is 0 Å². The molecular weight excluding hydrogens is 276 g/mol. The summed E-state index contributed by atoms with van der Waals surface area (Å²) in [6.45, 7) is 3.90. The second-order valence-corrected chi connectivity index (χ2v) is 6.14.